The first-order valence-corrected chi connectivity index (χ1v) is 21.7. The second-order valence-electron chi connectivity index (χ2n) is 15.0. The lowest BCUT2D eigenvalue weighted by Gasteiger charge is -2.30. The minimum Gasteiger partial charge on any atom is -0.445 e. The fourth-order valence-electron chi connectivity index (χ4n) is 6.64. The Labute approximate surface area is 380 Å². The van der Waals surface area contributed by atoms with E-state index in [1.54, 1.807) is 24.3 Å². The standard InChI is InChI=1S/C48H61N7O10/c49-43(56)41(25-13-15-27-52-45(58)62-33-37-17-5-1-6-18-37)54(47(60)64-35-39-21-9-3-10-22-39)31-29-51-30-32-55(48(61)65-36-40-23-11-4-12-24-40)42(44(50)57)26-14-16-28-53-46(59)63-34-38-19-7-2-8-20-38/h1-12,17-24,41-42,51H,13-16,25-36H2,(H2,49,56)(H2,50,57)(H,52,58)(H,53,59)/t41-,42-/m0/s1. The third-order valence-electron chi connectivity index (χ3n) is 10.1. The Balaban J connectivity index is 1.32. The largest absolute Gasteiger partial charge is 0.445 e. The molecule has 17 nitrogen and oxygen atoms in total. The van der Waals surface area contributed by atoms with Gasteiger partial charge in [0.15, 0.2) is 0 Å². The lowest BCUT2D eigenvalue weighted by Crippen LogP contribution is -2.52. The van der Waals surface area contributed by atoms with Gasteiger partial charge in [-0.3, -0.25) is 19.4 Å². The van der Waals surface area contributed by atoms with Crippen LogP contribution < -0.4 is 27.4 Å². The van der Waals surface area contributed by atoms with Crippen molar-refractivity contribution in [3.8, 4) is 0 Å². The van der Waals surface area contributed by atoms with E-state index in [1.807, 2.05) is 97.1 Å². The van der Waals surface area contributed by atoms with E-state index in [9.17, 15) is 28.8 Å². The van der Waals surface area contributed by atoms with Crippen LogP contribution >= 0.6 is 0 Å². The molecule has 4 aromatic carbocycles. The third kappa shape index (κ3) is 19.8. The molecule has 0 spiro atoms. The van der Waals surface area contributed by atoms with Gasteiger partial charge in [-0.2, -0.15) is 0 Å². The van der Waals surface area contributed by atoms with Crippen LogP contribution in [-0.2, 0) is 55.0 Å². The third-order valence-corrected chi connectivity index (χ3v) is 10.1. The van der Waals surface area contributed by atoms with Gasteiger partial charge in [0, 0.05) is 39.3 Å². The van der Waals surface area contributed by atoms with Crippen LogP contribution in [0.1, 0.15) is 60.8 Å². The zero-order valence-corrected chi connectivity index (χ0v) is 36.6. The summed E-state index contributed by atoms with van der Waals surface area (Å²) in [6, 6.07) is 34.6. The van der Waals surface area contributed by atoms with E-state index in [0.29, 0.717) is 25.7 Å². The fraction of sp³-hybridized carbons (Fsp3) is 0.375. The van der Waals surface area contributed by atoms with Crippen molar-refractivity contribution >= 4 is 36.2 Å². The number of amides is 6. The number of hydrogen-bond donors (Lipinski definition) is 5. The van der Waals surface area contributed by atoms with Crippen LogP contribution in [0.5, 0.6) is 0 Å². The van der Waals surface area contributed by atoms with Crippen molar-refractivity contribution in [1.82, 2.24) is 25.8 Å². The molecule has 0 aromatic heterocycles. The Morgan fingerprint density at radius 1 is 0.431 bits per heavy atom. The number of primary amides is 2. The smallest absolute Gasteiger partial charge is 0.410 e. The SMILES string of the molecule is NC(=O)[C@H](CCCCNC(=O)OCc1ccccc1)N(CCNCCN(C(=O)OCc1ccccc1)[C@@H](CCCCNC(=O)OCc1ccccc1)C(N)=O)C(=O)OCc1ccccc1. The molecular weight excluding hydrogens is 835 g/mol. The summed E-state index contributed by atoms with van der Waals surface area (Å²) >= 11 is 0. The topological polar surface area (TPSA) is 234 Å². The zero-order chi connectivity index (χ0) is 46.5. The molecule has 348 valence electrons. The number of unbranched alkanes of at least 4 members (excludes halogenated alkanes) is 2. The van der Waals surface area contributed by atoms with Crippen LogP contribution in [0.2, 0.25) is 0 Å². The van der Waals surface area contributed by atoms with Crippen molar-refractivity contribution in [1.29, 1.82) is 0 Å². The van der Waals surface area contributed by atoms with Gasteiger partial charge < -0.3 is 46.4 Å². The highest BCUT2D eigenvalue weighted by Gasteiger charge is 2.31. The van der Waals surface area contributed by atoms with Crippen LogP contribution in [0, 0.1) is 0 Å². The summed E-state index contributed by atoms with van der Waals surface area (Å²) in [5.41, 5.74) is 14.9. The van der Waals surface area contributed by atoms with Crippen molar-refractivity contribution in [2.24, 2.45) is 11.5 Å². The molecule has 0 bridgehead atoms. The average molecular weight is 896 g/mol. The number of nitrogens with zero attached hydrogens (tertiary/aromatic N) is 2. The van der Waals surface area contributed by atoms with Crippen molar-refractivity contribution in [3.63, 3.8) is 0 Å². The molecule has 4 aromatic rings. The van der Waals surface area contributed by atoms with Gasteiger partial charge in [-0.25, -0.2) is 19.2 Å². The van der Waals surface area contributed by atoms with Gasteiger partial charge in [0.05, 0.1) is 0 Å². The van der Waals surface area contributed by atoms with Gasteiger partial charge in [0.25, 0.3) is 0 Å². The Morgan fingerprint density at radius 3 is 1.05 bits per heavy atom. The number of alkyl carbamates (subject to hydrolysis) is 2. The van der Waals surface area contributed by atoms with Gasteiger partial charge in [-0.05, 0) is 60.8 Å². The van der Waals surface area contributed by atoms with Crippen LogP contribution in [0.4, 0.5) is 19.2 Å². The number of carbonyl (C=O) groups is 6. The fourth-order valence-corrected chi connectivity index (χ4v) is 6.64. The number of ether oxygens (including phenoxy) is 4. The predicted molar refractivity (Wildman–Crippen MR) is 242 cm³/mol. The molecule has 0 aliphatic rings. The van der Waals surface area contributed by atoms with E-state index in [0.717, 1.165) is 22.3 Å². The lowest BCUT2D eigenvalue weighted by atomic mass is 10.1. The Bertz CT molecular complexity index is 1890. The maximum absolute atomic E-state index is 13.6. The first kappa shape index (κ1) is 50.5. The van der Waals surface area contributed by atoms with Crippen LogP contribution in [-0.4, -0.2) is 97.3 Å². The first-order valence-electron chi connectivity index (χ1n) is 21.7. The predicted octanol–water partition coefficient (Wildman–Crippen LogP) is 5.75. The molecule has 2 atom stereocenters. The monoisotopic (exact) mass is 895 g/mol. The Morgan fingerprint density at radius 2 is 0.738 bits per heavy atom. The molecule has 0 heterocycles. The highest BCUT2D eigenvalue weighted by atomic mass is 16.6. The Hall–Kier alpha value is -7.14. The molecular formula is C48H61N7O10. The molecule has 0 saturated heterocycles. The number of nitrogens with two attached hydrogens (primary N) is 2. The molecule has 0 radical (unpaired) electrons. The summed E-state index contributed by atoms with van der Waals surface area (Å²) in [5, 5.41) is 8.58. The number of nitrogens with one attached hydrogen (secondary N) is 3. The summed E-state index contributed by atoms with van der Waals surface area (Å²) in [6.45, 7) is 1.04. The maximum Gasteiger partial charge on any atom is 0.410 e. The van der Waals surface area contributed by atoms with Crippen molar-refractivity contribution < 1.29 is 47.7 Å². The molecule has 0 aliphatic heterocycles. The molecule has 7 N–H and O–H groups in total. The zero-order valence-electron chi connectivity index (χ0n) is 36.6. The van der Waals surface area contributed by atoms with Crippen LogP contribution in [0.15, 0.2) is 121 Å². The van der Waals surface area contributed by atoms with E-state index in [2.05, 4.69) is 16.0 Å². The Kier molecular flexibility index (Phi) is 22.7. The normalized spacial score (nSPS) is 11.6. The molecule has 0 unspecified atom stereocenters. The van der Waals surface area contributed by atoms with Gasteiger partial charge in [0.1, 0.15) is 38.5 Å². The summed E-state index contributed by atoms with van der Waals surface area (Å²) in [7, 11) is 0. The van der Waals surface area contributed by atoms with Crippen molar-refractivity contribution in [3.05, 3.63) is 144 Å². The van der Waals surface area contributed by atoms with E-state index >= 15 is 0 Å². The molecule has 4 rings (SSSR count). The molecule has 17 heteroatoms. The van der Waals surface area contributed by atoms with Gasteiger partial charge in [-0.1, -0.05) is 121 Å². The summed E-state index contributed by atoms with van der Waals surface area (Å²) in [5.74, 6) is -1.46. The highest BCUT2D eigenvalue weighted by Crippen LogP contribution is 2.15. The lowest BCUT2D eigenvalue weighted by molar-refractivity contribution is -0.123. The summed E-state index contributed by atoms with van der Waals surface area (Å²) < 4.78 is 21.7. The van der Waals surface area contributed by atoms with E-state index < -0.39 is 48.3 Å². The second kappa shape index (κ2) is 29.3. The number of rotatable bonds is 28. The molecule has 6 amide bonds. The summed E-state index contributed by atoms with van der Waals surface area (Å²) in [6.07, 6.45) is -0.430. The van der Waals surface area contributed by atoms with Gasteiger partial charge >= 0.3 is 24.4 Å². The van der Waals surface area contributed by atoms with E-state index in [-0.39, 0.29) is 78.5 Å². The first-order chi connectivity index (χ1) is 31.6. The molecule has 0 saturated carbocycles. The van der Waals surface area contributed by atoms with Gasteiger partial charge in [0.2, 0.25) is 11.8 Å². The molecule has 65 heavy (non-hydrogen) atoms. The summed E-state index contributed by atoms with van der Waals surface area (Å²) in [4.78, 5) is 79.8. The molecule has 0 fully saturated rings. The highest BCUT2D eigenvalue weighted by molar-refractivity contribution is 5.85. The number of benzene rings is 4. The van der Waals surface area contributed by atoms with Crippen LogP contribution in [0.3, 0.4) is 0 Å². The van der Waals surface area contributed by atoms with Crippen molar-refractivity contribution in [2.75, 3.05) is 39.3 Å². The van der Waals surface area contributed by atoms with Gasteiger partial charge in [-0.15, -0.1) is 0 Å². The number of carbonyl (C=O) groups excluding carboxylic acids is 6. The van der Waals surface area contributed by atoms with Crippen LogP contribution in [0.25, 0.3) is 0 Å². The van der Waals surface area contributed by atoms with Crippen molar-refractivity contribution in [2.45, 2.75) is 77.0 Å². The maximum atomic E-state index is 13.6. The second-order valence-corrected chi connectivity index (χ2v) is 15.0. The van der Waals surface area contributed by atoms with E-state index in [4.69, 9.17) is 30.4 Å². The molecule has 0 aliphatic carbocycles. The quantitative estimate of drug-likeness (QED) is 0.0340. The minimum absolute atomic E-state index is 0.00375. The minimum atomic E-state index is -1.03. The average Bonchev–Trinajstić information content (AvgIpc) is 3.32. The number of hydrogen-bond acceptors (Lipinski definition) is 11. The van der Waals surface area contributed by atoms with E-state index in [1.165, 1.54) is 9.80 Å².